The maximum atomic E-state index is 12.0. The Kier molecular flexibility index (Phi) is 5.37. The van der Waals surface area contributed by atoms with Crippen LogP contribution in [-0.4, -0.2) is 39.5 Å². The fourth-order valence-electron chi connectivity index (χ4n) is 1.65. The van der Waals surface area contributed by atoms with Crippen LogP contribution in [0.4, 0.5) is 0 Å². The zero-order valence-electron chi connectivity index (χ0n) is 10.9. The van der Waals surface area contributed by atoms with Crippen LogP contribution in [0, 0.1) is 0 Å². The van der Waals surface area contributed by atoms with Gasteiger partial charge in [0.15, 0.2) is 0 Å². The molecule has 0 saturated heterocycles. The van der Waals surface area contributed by atoms with E-state index in [1.165, 1.54) is 7.11 Å². The van der Waals surface area contributed by atoms with Gasteiger partial charge in [0.05, 0.1) is 18.4 Å². The predicted octanol–water partition coefficient (Wildman–Crippen LogP) is 1.62. The summed E-state index contributed by atoms with van der Waals surface area (Å²) in [5, 5.41) is 2.63. The van der Waals surface area contributed by atoms with E-state index >= 15 is 0 Å². The molecule has 0 aliphatic heterocycles. The summed E-state index contributed by atoms with van der Waals surface area (Å²) >= 11 is 3.29. The number of nitrogens with one attached hydrogen (secondary N) is 1. The van der Waals surface area contributed by atoms with Crippen LogP contribution in [0.3, 0.4) is 0 Å². The first kappa shape index (κ1) is 16.0. The Hall–Kier alpha value is -1.08. The number of sulfone groups is 1. The van der Waals surface area contributed by atoms with Gasteiger partial charge in [0, 0.05) is 16.8 Å². The Balaban J connectivity index is 2.84. The van der Waals surface area contributed by atoms with Crippen LogP contribution in [0.2, 0.25) is 0 Å². The van der Waals surface area contributed by atoms with Crippen molar-refractivity contribution < 1.29 is 17.9 Å². The lowest BCUT2D eigenvalue weighted by atomic mass is 10.2. The molecule has 1 aromatic carbocycles. The second kappa shape index (κ2) is 6.38. The lowest BCUT2D eigenvalue weighted by Crippen LogP contribution is -2.37. The summed E-state index contributed by atoms with van der Waals surface area (Å²) in [7, 11) is -1.66. The summed E-state index contributed by atoms with van der Waals surface area (Å²) in [5.41, 5.74) is 0.367. The third-order valence-electron chi connectivity index (χ3n) is 2.34. The van der Waals surface area contributed by atoms with Crippen molar-refractivity contribution in [2.75, 3.05) is 19.1 Å². The van der Waals surface area contributed by atoms with Gasteiger partial charge in [-0.05, 0) is 25.1 Å². The summed E-state index contributed by atoms with van der Waals surface area (Å²) in [6.45, 7) is 1.64. The van der Waals surface area contributed by atoms with Crippen molar-refractivity contribution in [2.45, 2.75) is 13.0 Å². The second-order valence-corrected chi connectivity index (χ2v) is 7.41. The molecule has 1 amide bonds. The van der Waals surface area contributed by atoms with Gasteiger partial charge in [-0.3, -0.25) is 4.79 Å². The highest BCUT2D eigenvalue weighted by Gasteiger charge is 2.17. The van der Waals surface area contributed by atoms with Crippen LogP contribution < -0.4 is 10.1 Å². The maximum Gasteiger partial charge on any atom is 0.255 e. The number of hydrogen-bond donors (Lipinski definition) is 1. The van der Waals surface area contributed by atoms with E-state index in [1.807, 2.05) is 0 Å². The zero-order valence-corrected chi connectivity index (χ0v) is 13.3. The smallest absolute Gasteiger partial charge is 0.255 e. The highest BCUT2D eigenvalue weighted by molar-refractivity contribution is 9.10. The molecule has 0 fully saturated rings. The van der Waals surface area contributed by atoms with Crippen LogP contribution in [0.1, 0.15) is 17.3 Å². The van der Waals surface area contributed by atoms with E-state index in [1.54, 1.807) is 25.1 Å². The number of carbonyl (C=O) groups is 1. The first-order chi connectivity index (χ1) is 8.73. The van der Waals surface area contributed by atoms with Gasteiger partial charge in [-0.2, -0.15) is 0 Å². The van der Waals surface area contributed by atoms with Crippen LogP contribution in [-0.2, 0) is 9.84 Å². The van der Waals surface area contributed by atoms with Crippen molar-refractivity contribution >= 4 is 31.7 Å². The van der Waals surface area contributed by atoms with E-state index in [9.17, 15) is 13.2 Å². The summed E-state index contributed by atoms with van der Waals surface area (Å²) in [6.07, 6.45) is 1.13. The summed E-state index contributed by atoms with van der Waals surface area (Å²) in [6, 6.07) is 4.55. The molecule has 0 saturated carbocycles. The van der Waals surface area contributed by atoms with E-state index in [4.69, 9.17) is 4.74 Å². The number of rotatable bonds is 5. The SMILES string of the molecule is COc1cc(Br)ccc1C(=O)NC(C)CS(C)(=O)=O. The predicted molar refractivity (Wildman–Crippen MR) is 77.3 cm³/mol. The lowest BCUT2D eigenvalue weighted by molar-refractivity contribution is 0.0940. The normalized spacial score (nSPS) is 12.8. The van der Waals surface area contributed by atoms with Gasteiger partial charge in [-0.15, -0.1) is 0 Å². The van der Waals surface area contributed by atoms with E-state index in [2.05, 4.69) is 21.2 Å². The molecule has 1 aromatic rings. The van der Waals surface area contributed by atoms with Gasteiger partial charge in [-0.25, -0.2) is 8.42 Å². The van der Waals surface area contributed by atoms with Crippen LogP contribution in [0.15, 0.2) is 22.7 Å². The minimum Gasteiger partial charge on any atom is -0.496 e. The molecule has 1 unspecified atom stereocenters. The largest absolute Gasteiger partial charge is 0.496 e. The molecule has 5 nitrogen and oxygen atoms in total. The number of carbonyl (C=O) groups excluding carboxylic acids is 1. The average molecular weight is 350 g/mol. The molecule has 0 aliphatic carbocycles. The van der Waals surface area contributed by atoms with Crippen LogP contribution in [0.25, 0.3) is 0 Å². The molecular weight excluding hydrogens is 334 g/mol. The quantitative estimate of drug-likeness (QED) is 0.876. The molecule has 0 spiro atoms. The first-order valence-corrected chi connectivity index (χ1v) is 8.40. The number of benzene rings is 1. The van der Waals surface area contributed by atoms with Crippen molar-refractivity contribution in [1.82, 2.24) is 5.32 Å². The Labute approximate surface area is 121 Å². The number of ether oxygens (including phenoxy) is 1. The number of halogens is 1. The van der Waals surface area contributed by atoms with Gasteiger partial charge >= 0.3 is 0 Å². The lowest BCUT2D eigenvalue weighted by Gasteiger charge is -2.14. The number of methoxy groups -OCH3 is 1. The molecule has 1 N–H and O–H groups in total. The molecule has 0 bridgehead atoms. The van der Waals surface area contributed by atoms with Crippen molar-refractivity contribution in [3.8, 4) is 5.75 Å². The Bertz CT molecular complexity index is 571. The molecule has 0 radical (unpaired) electrons. The minimum atomic E-state index is -3.13. The number of amides is 1. The summed E-state index contributed by atoms with van der Waals surface area (Å²) in [4.78, 5) is 12.0. The average Bonchev–Trinajstić information content (AvgIpc) is 2.25. The number of hydrogen-bond acceptors (Lipinski definition) is 4. The molecule has 0 aliphatic rings. The van der Waals surface area contributed by atoms with Gasteiger partial charge in [-0.1, -0.05) is 15.9 Å². The molecule has 19 heavy (non-hydrogen) atoms. The molecular formula is C12H16BrNO4S. The van der Waals surface area contributed by atoms with Crippen LogP contribution in [0.5, 0.6) is 5.75 Å². The van der Waals surface area contributed by atoms with Crippen molar-refractivity contribution in [1.29, 1.82) is 0 Å². The van der Waals surface area contributed by atoms with Gasteiger partial charge in [0.2, 0.25) is 0 Å². The monoisotopic (exact) mass is 349 g/mol. The minimum absolute atomic E-state index is 0.0996. The highest BCUT2D eigenvalue weighted by Crippen LogP contribution is 2.23. The molecule has 7 heteroatoms. The van der Waals surface area contributed by atoms with E-state index in [0.29, 0.717) is 11.3 Å². The summed E-state index contributed by atoms with van der Waals surface area (Å²) in [5.74, 6) is -0.0312. The van der Waals surface area contributed by atoms with Gasteiger partial charge < -0.3 is 10.1 Å². The summed E-state index contributed by atoms with van der Waals surface area (Å²) < 4.78 is 28.2. The fraction of sp³-hybridized carbons (Fsp3) is 0.417. The Morgan fingerprint density at radius 2 is 2.11 bits per heavy atom. The second-order valence-electron chi connectivity index (χ2n) is 4.31. The molecule has 0 aromatic heterocycles. The van der Waals surface area contributed by atoms with Crippen LogP contribution >= 0.6 is 15.9 Å². The third kappa shape index (κ3) is 5.20. The fourth-order valence-corrected chi connectivity index (χ4v) is 2.98. The topological polar surface area (TPSA) is 72.5 Å². The van der Waals surface area contributed by atoms with E-state index in [0.717, 1.165) is 10.7 Å². The Morgan fingerprint density at radius 3 is 2.63 bits per heavy atom. The van der Waals surface area contributed by atoms with E-state index in [-0.39, 0.29) is 11.7 Å². The molecule has 1 atom stereocenters. The maximum absolute atomic E-state index is 12.0. The van der Waals surface area contributed by atoms with E-state index < -0.39 is 15.9 Å². The van der Waals surface area contributed by atoms with Gasteiger partial charge in [0.25, 0.3) is 5.91 Å². The molecule has 106 valence electrons. The van der Waals surface area contributed by atoms with Crippen molar-refractivity contribution in [2.24, 2.45) is 0 Å². The first-order valence-electron chi connectivity index (χ1n) is 5.55. The Morgan fingerprint density at radius 1 is 1.47 bits per heavy atom. The zero-order chi connectivity index (χ0) is 14.6. The highest BCUT2D eigenvalue weighted by atomic mass is 79.9. The van der Waals surface area contributed by atoms with Crippen molar-refractivity contribution in [3.63, 3.8) is 0 Å². The standard InChI is InChI=1S/C12H16BrNO4S/c1-8(7-19(3,16)17)14-12(15)10-5-4-9(13)6-11(10)18-2/h4-6,8H,7H2,1-3H3,(H,14,15). The third-order valence-corrected chi connectivity index (χ3v) is 3.94. The van der Waals surface area contributed by atoms with Gasteiger partial charge in [0.1, 0.15) is 15.6 Å². The molecule has 1 rings (SSSR count). The van der Waals surface area contributed by atoms with Crippen molar-refractivity contribution in [3.05, 3.63) is 28.2 Å². The molecule has 0 heterocycles.